The van der Waals surface area contributed by atoms with Gasteiger partial charge in [0.15, 0.2) is 0 Å². The van der Waals surface area contributed by atoms with Gasteiger partial charge in [-0.2, -0.15) is 0 Å². The number of amides is 1. The lowest BCUT2D eigenvalue weighted by Gasteiger charge is -2.11. The number of nitrogens with two attached hydrogens (primary N) is 1. The molecule has 1 aromatic rings. The van der Waals surface area contributed by atoms with Crippen molar-refractivity contribution >= 4 is 28.1 Å². The number of nitrogens with zero attached hydrogens (tertiary/aromatic N) is 1. The van der Waals surface area contributed by atoms with E-state index in [0.717, 1.165) is 0 Å². The molecule has 1 aromatic carbocycles. The van der Waals surface area contributed by atoms with Crippen LogP contribution in [0.2, 0.25) is 0 Å². The minimum atomic E-state index is -1.05. The molecule has 0 saturated carbocycles. The van der Waals surface area contributed by atoms with Gasteiger partial charge in [-0.25, -0.2) is 0 Å². The summed E-state index contributed by atoms with van der Waals surface area (Å²) in [6.07, 6.45) is 1.54. The molecule has 104 valence electrons. The first-order valence-electron chi connectivity index (χ1n) is 5.48. The first-order chi connectivity index (χ1) is 8.84. The van der Waals surface area contributed by atoms with Crippen LogP contribution < -0.4 is 11.1 Å². The first-order valence-corrected chi connectivity index (χ1v) is 7.10. The van der Waals surface area contributed by atoms with E-state index in [2.05, 4.69) is 5.32 Å². The number of nitrogen functional groups attached to an aromatic ring is 1. The normalized spacial score (nSPS) is 13.6. The summed E-state index contributed by atoms with van der Waals surface area (Å²) in [6, 6.07) is 4.03. The zero-order valence-corrected chi connectivity index (χ0v) is 11.4. The van der Waals surface area contributed by atoms with Gasteiger partial charge in [0.05, 0.1) is 10.5 Å². The predicted octanol–water partition coefficient (Wildman–Crippen LogP) is 0.674. The highest BCUT2D eigenvalue weighted by Crippen LogP contribution is 2.24. The van der Waals surface area contributed by atoms with Gasteiger partial charge < -0.3 is 11.1 Å². The molecule has 0 aliphatic carbocycles. The van der Waals surface area contributed by atoms with E-state index >= 15 is 0 Å². The largest absolute Gasteiger partial charge is 0.393 e. The van der Waals surface area contributed by atoms with E-state index in [1.165, 1.54) is 18.2 Å². The van der Waals surface area contributed by atoms with E-state index in [9.17, 15) is 19.1 Å². The fourth-order valence-electron chi connectivity index (χ4n) is 1.36. The monoisotopic (exact) mass is 285 g/mol. The Morgan fingerprint density at radius 2 is 2.21 bits per heavy atom. The fourth-order valence-corrected chi connectivity index (χ4v) is 1.68. The second-order valence-corrected chi connectivity index (χ2v) is 5.82. The van der Waals surface area contributed by atoms with Gasteiger partial charge in [-0.15, -0.1) is 0 Å². The van der Waals surface area contributed by atoms with Gasteiger partial charge >= 0.3 is 0 Å². The van der Waals surface area contributed by atoms with Crippen LogP contribution in [0.15, 0.2) is 18.2 Å². The van der Waals surface area contributed by atoms with Crippen molar-refractivity contribution in [3.05, 3.63) is 33.9 Å². The van der Waals surface area contributed by atoms with Crippen LogP contribution in [0.3, 0.4) is 0 Å². The molecule has 19 heavy (non-hydrogen) atoms. The van der Waals surface area contributed by atoms with Gasteiger partial charge in [-0.3, -0.25) is 19.1 Å². The molecule has 0 aliphatic rings. The van der Waals surface area contributed by atoms with Crippen LogP contribution in [0, 0.1) is 10.1 Å². The molecule has 0 aromatic heterocycles. The summed E-state index contributed by atoms with van der Waals surface area (Å²) in [7, 11) is -1.05. The summed E-state index contributed by atoms with van der Waals surface area (Å²) in [5, 5.41) is 13.1. The van der Waals surface area contributed by atoms with Gasteiger partial charge in [0.2, 0.25) is 0 Å². The van der Waals surface area contributed by atoms with Crippen LogP contribution in [0.25, 0.3) is 0 Å². The molecule has 1 rings (SSSR count). The van der Waals surface area contributed by atoms with Gasteiger partial charge in [0, 0.05) is 34.9 Å². The summed E-state index contributed by atoms with van der Waals surface area (Å²) in [5.41, 5.74) is 5.16. The summed E-state index contributed by atoms with van der Waals surface area (Å²) in [6.45, 7) is 1.94. The van der Waals surface area contributed by atoms with Gasteiger partial charge in [0.1, 0.15) is 5.69 Å². The molecule has 0 radical (unpaired) electrons. The second-order valence-electron chi connectivity index (χ2n) is 4.01. The van der Waals surface area contributed by atoms with Gasteiger partial charge in [-0.1, -0.05) is 6.07 Å². The number of benzene rings is 1. The van der Waals surface area contributed by atoms with E-state index < -0.39 is 21.6 Å². The zero-order valence-electron chi connectivity index (χ0n) is 10.6. The Hall–Kier alpha value is -1.96. The smallest absolute Gasteiger partial charge is 0.292 e. The van der Waals surface area contributed by atoms with E-state index in [1.807, 2.05) is 0 Å². The Bertz CT molecular complexity index is 533. The third kappa shape index (κ3) is 3.75. The molecule has 3 N–H and O–H groups in total. The topological polar surface area (TPSA) is 115 Å². The van der Waals surface area contributed by atoms with Crippen LogP contribution in [-0.4, -0.2) is 33.1 Å². The number of nitrogens with one attached hydrogen (secondary N) is 1. The minimum Gasteiger partial charge on any atom is -0.393 e. The van der Waals surface area contributed by atoms with E-state index in [1.54, 1.807) is 13.2 Å². The summed E-state index contributed by atoms with van der Waals surface area (Å²) < 4.78 is 11.1. The van der Waals surface area contributed by atoms with Crippen molar-refractivity contribution in [2.24, 2.45) is 0 Å². The Balaban J connectivity index is 2.86. The van der Waals surface area contributed by atoms with Gasteiger partial charge in [0.25, 0.3) is 11.6 Å². The number of hydrogen-bond acceptors (Lipinski definition) is 5. The van der Waals surface area contributed by atoms with Crippen LogP contribution in [0.1, 0.15) is 17.3 Å². The average molecular weight is 285 g/mol. The highest BCUT2D eigenvalue weighted by Gasteiger charge is 2.19. The highest BCUT2D eigenvalue weighted by atomic mass is 32.2. The van der Waals surface area contributed by atoms with Crippen molar-refractivity contribution in [1.82, 2.24) is 5.32 Å². The maximum Gasteiger partial charge on any atom is 0.292 e. The maximum atomic E-state index is 11.9. The standard InChI is InChI=1S/C11H15N3O4S/c1-7(19(2)18)6-13-11(15)8-4-3-5-9(10(8)12)14(16)17/h3-5,7H,6,12H2,1-2H3,(H,13,15). The van der Waals surface area contributed by atoms with Crippen molar-refractivity contribution in [2.75, 3.05) is 18.5 Å². The quantitative estimate of drug-likeness (QED) is 0.469. The number of anilines is 1. The van der Waals surface area contributed by atoms with E-state index in [-0.39, 0.29) is 28.7 Å². The molecule has 2 unspecified atom stereocenters. The number of rotatable bonds is 5. The SMILES string of the molecule is CC(CNC(=O)c1cccc([N+](=O)[O-])c1N)S(C)=O. The summed E-state index contributed by atoms with van der Waals surface area (Å²) in [4.78, 5) is 21.9. The number of carbonyl (C=O) groups is 1. The number of para-hydroxylation sites is 1. The molecule has 0 bridgehead atoms. The average Bonchev–Trinajstić information content (AvgIpc) is 2.35. The van der Waals surface area contributed by atoms with Gasteiger partial charge in [-0.05, 0) is 13.0 Å². The Morgan fingerprint density at radius 1 is 1.58 bits per heavy atom. The van der Waals surface area contributed by atoms with Crippen molar-refractivity contribution in [3.63, 3.8) is 0 Å². The lowest BCUT2D eigenvalue weighted by atomic mass is 10.1. The molecular weight excluding hydrogens is 270 g/mol. The Morgan fingerprint density at radius 3 is 2.74 bits per heavy atom. The number of nitro benzene ring substituents is 1. The van der Waals surface area contributed by atoms with Crippen LogP contribution in [-0.2, 0) is 10.8 Å². The molecule has 7 nitrogen and oxygen atoms in total. The number of carbonyl (C=O) groups excluding carboxylic acids is 1. The second kappa shape index (κ2) is 6.28. The van der Waals surface area contributed by atoms with Crippen LogP contribution in [0.4, 0.5) is 11.4 Å². The van der Waals surface area contributed by atoms with Crippen LogP contribution in [0.5, 0.6) is 0 Å². The molecule has 0 spiro atoms. The Labute approximate surface area is 112 Å². The minimum absolute atomic E-state index is 0.0447. The number of hydrogen-bond donors (Lipinski definition) is 2. The highest BCUT2D eigenvalue weighted by molar-refractivity contribution is 7.84. The predicted molar refractivity (Wildman–Crippen MR) is 73.4 cm³/mol. The number of nitro groups is 1. The van der Waals surface area contributed by atoms with Crippen molar-refractivity contribution in [2.45, 2.75) is 12.2 Å². The van der Waals surface area contributed by atoms with Crippen LogP contribution >= 0.6 is 0 Å². The Kier molecular flexibility index (Phi) is 4.99. The zero-order chi connectivity index (χ0) is 14.6. The fraction of sp³-hybridized carbons (Fsp3) is 0.364. The van der Waals surface area contributed by atoms with Crippen molar-refractivity contribution < 1.29 is 13.9 Å². The van der Waals surface area contributed by atoms with E-state index in [4.69, 9.17) is 5.73 Å². The molecule has 0 saturated heterocycles. The lowest BCUT2D eigenvalue weighted by molar-refractivity contribution is -0.383. The molecule has 2 atom stereocenters. The molecule has 1 amide bonds. The van der Waals surface area contributed by atoms with E-state index in [0.29, 0.717) is 0 Å². The molecular formula is C11H15N3O4S. The third-order valence-electron chi connectivity index (χ3n) is 2.64. The third-order valence-corrected chi connectivity index (χ3v) is 3.94. The summed E-state index contributed by atoms with van der Waals surface area (Å²) in [5.74, 6) is -0.515. The lowest BCUT2D eigenvalue weighted by Crippen LogP contribution is -2.33. The summed E-state index contributed by atoms with van der Waals surface area (Å²) >= 11 is 0. The molecule has 8 heteroatoms. The van der Waals surface area contributed by atoms with Crippen molar-refractivity contribution in [3.8, 4) is 0 Å². The van der Waals surface area contributed by atoms with Crippen molar-refractivity contribution in [1.29, 1.82) is 0 Å². The molecule has 0 fully saturated rings. The first kappa shape index (κ1) is 15.1. The molecule has 0 aliphatic heterocycles. The molecule has 0 heterocycles. The maximum absolute atomic E-state index is 11.9.